The SMILES string of the molecule is N#CC1=C2Sc3ccccc3N2C(=N)/C(=C2\Nc3ccccc3S2)[C@H]1c1ccc(-c2ccccc2)o1. The first-order valence-electron chi connectivity index (χ1n) is 11.5. The second-order valence-electron chi connectivity index (χ2n) is 8.55. The highest BCUT2D eigenvalue weighted by Crippen LogP contribution is 2.56. The van der Waals surface area contributed by atoms with Gasteiger partial charge in [0.1, 0.15) is 22.4 Å². The molecule has 5 nitrogen and oxygen atoms in total. The van der Waals surface area contributed by atoms with E-state index < -0.39 is 5.92 Å². The molecule has 4 heterocycles. The standard InChI is InChI=1S/C29H18N4OS2/c30-16-18-25(22-15-14-21(34-22)17-8-2-1-3-9-17)26(28-32-19-10-4-6-12-23(19)35-28)27(31)33-20-11-5-7-13-24(20)36-29(18)33/h1-15,25,31-32H/b28-26+,31-27?/t25-/m1/s1. The van der Waals surface area contributed by atoms with Crippen LogP contribution in [0, 0.1) is 16.7 Å². The third kappa shape index (κ3) is 3.15. The molecule has 1 aromatic heterocycles. The monoisotopic (exact) mass is 502 g/mol. The number of hydrogen-bond donors (Lipinski definition) is 2. The van der Waals surface area contributed by atoms with Gasteiger partial charge in [0.05, 0.1) is 34.0 Å². The number of nitriles is 1. The Kier molecular flexibility index (Phi) is 4.84. The second kappa shape index (κ2) is 8.23. The highest BCUT2D eigenvalue weighted by Gasteiger charge is 2.45. The van der Waals surface area contributed by atoms with Crippen LogP contribution < -0.4 is 10.2 Å². The number of nitrogens with zero attached hydrogens (tertiary/aromatic N) is 2. The van der Waals surface area contributed by atoms with Gasteiger partial charge >= 0.3 is 0 Å². The van der Waals surface area contributed by atoms with E-state index in [9.17, 15) is 10.7 Å². The fourth-order valence-electron chi connectivity index (χ4n) is 4.85. The highest BCUT2D eigenvalue weighted by molar-refractivity contribution is 8.04. The molecule has 36 heavy (non-hydrogen) atoms. The van der Waals surface area contributed by atoms with Gasteiger partial charge in [0.2, 0.25) is 0 Å². The first-order valence-corrected chi connectivity index (χ1v) is 13.1. The molecule has 0 unspecified atom stereocenters. The van der Waals surface area contributed by atoms with Crippen molar-refractivity contribution in [3.05, 3.63) is 118 Å². The number of benzene rings is 3. The first kappa shape index (κ1) is 21.2. The summed E-state index contributed by atoms with van der Waals surface area (Å²) in [5, 5.41) is 25.0. The maximum Gasteiger partial charge on any atom is 0.137 e. The van der Waals surface area contributed by atoms with Gasteiger partial charge in [-0.15, -0.1) is 0 Å². The molecule has 4 aromatic rings. The molecule has 0 saturated heterocycles. The van der Waals surface area contributed by atoms with E-state index in [4.69, 9.17) is 4.42 Å². The summed E-state index contributed by atoms with van der Waals surface area (Å²) in [6.45, 7) is 0. The lowest BCUT2D eigenvalue weighted by Gasteiger charge is -2.33. The van der Waals surface area contributed by atoms with Crippen LogP contribution in [0.25, 0.3) is 11.3 Å². The number of furan rings is 1. The highest BCUT2D eigenvalue weighted by atomic mass is 32.2. The minimum absolute atomic E-state index is 0.354. The largest absolute Gasteiger partial charge is 0.460 e. The number of amidine groups is 1. The van der Waals surface area contributed by atoms with Crippen LogP contribution in [0.1, 0.15) is 11.7 Å². The number of fused-ring (bicyclic) bond motifs is 4. The predicted molar refractivity (Wildman–Crippen MR) is 145 cm³/mol. The molecule has 0 radical (unpaired) electrons. The van der Waals surface area contributed by atoms with Gasteiger partial charge in [-0.25, -0.2) is 0 Å². The summed E-state index contributed by atoms with van der Waals surface area (Å²) in [6.07, 6.45) is 0. The number of anilines is 2. The molecule has 172 valence electrons. The number of thioether (sulfide) groups is 2. The van der Waals surface area contributed by atoms with E-state index in [1.165, 1.54) is 0 Å². The number of allylic oxidation sites excluding steroid dienone is 1. The van der Waals surface area contributed by atoms with E-state index >= 15 is 0 Å². The Balaban J connectivity index is 1.44. The summed E-state index contributed by atoms with van der Waals surface area (Å²) in [7, 11) is 0. The van der Waals surface area contributed by atoms with E-state index in [0.29, 0.717) is 17.2 Å². The van der Waals surface area contributed by atoms with Crippen LogP contribution in [-0.2, 0) is 0 Å². The van der Waals surface area contributed by atoms with Gasteiger partial charge in [-0.05, 0) is 36.4 Å². The minimum atomic E-state index is -0.502. The van der Waals surface area contributed by atoms with Gasteiger partial charge in [-0.2, -0.15) is 5.26 Å². The van der Waals surface area contributed by atoms with Gasteiger partial charge in [-0.3, -0.25) is 10.3 Å². The van der Waals surface area contributed by atoms with Crippen LogP contribution in [0.4, 0.5) is 11.4 Å². The Labute approximate surface area is 216 Å². The fraction of sp³-hybridized carbons (Fsp3) is 0.0345. The smallest absolute Gasteiger partial charge is 0.137 e. The molecule has 3 aliphatic rings. The Morgan fingerprint density at radius 3 is 2.42 bits per heavy atom. The molecule has 7 rings (SSSR count). The maximum absolute atomic E-state index is 10.5. The van der Waals surface area contributed by atoms with Crippen LogP contribution in [0.15, 0.2) is 126 Å². The number of nitrogens with one attached hydrogen (secondary N) is 2. The molecule has 0 bridgehead atoms. The van der Waals surface area contributed by atoms with Crippen LogP contribution in [0.5, 0.6) is 0 Å². The minimum Gasteiger partial charge on any atom is -0.460 e. The molecular weight excluding hydrogens is 484 g/mol. The molecule has 3 aromatic carbocycles. The van der Waals surface area contributed by atoms with Crippen molar-refractivity contribution in [2.75, 3.05) is 10.2 Å². The topological polar surface area (TPSA) is 76.1 Å². The predicted octanol–water partition coefficient (Wildman–Crippen LogP) is 7.80. The zero-order valence-corrected chi connectivity index (χ0v) is 20.5. The van der Waals surface area contributed by atoms with Crippen LogP contribution in [0.2, 0.25) is 0 Å². The molecular formula is C29H18N4OS2. The average Bonchev–Trinajstić information content (AvgIpc) is 3.65. The van der Waals surface area contributed by atoms with Crippen LogP contribution in [-0.4, -0.2) is 5.84 Å². The molecule has 0 amide bonds. The van der Waals surface area contributed by atoms with Crippen LogP contribution in [0.3, 0.4) is 0 Å². The molecule has 1 atom stereocenters. The van der Waals surface area contributed by atoms with Gasteiger partial charge in [-0.1, -0.05) is 78.1 Å². The Bertz CT molecular complexity index is 1630. The van der Waals surface area contributed by atoms with Crippen molar-refractivity contribution in [1.29, 1.82) is 10.7 Å². The lowest BCUT2D eigenvalue weighted by atomic mass is 9.86. The van der Waals surface area contributed by atoms with Gasteiger partial charge in [0, 0.05) is 20.9 Å². The van der Waals surface area contributed by atoms with Crippen molar-refractivity contribution in [3.8, 4) is 17.4 Å². The zero-order valence-electron chi connectivity index (χ0n) is 18.9. The van der Waals surface area contributed by atoms with E-state index in [-0.39, 0.29) is 0 Å². The quantitative estimate of drug-likeness (QED) is 0.291. The first-order chi connectivity index (χ1) is 17.7. The van der Waals surface area contributed by atoms with Crippen LogP contribution >= 0.6 is 23.5 Å². The van der Waals surface area contributed by atoms with Crippen molar-refractivity contribution in [1.82, 2.24) is 0 Å². The van der Waals surface area contributed by atoms with E-state index in [2.05, 4.69) is 17.5 Å². The fourth-order valence-corrected chi connectivity index (χ4v) is 7.10. The van der Waals surface area contributed by atoms with Crippen molar-refractivity contribution >= 4 is 40.7 Å². The Morgan fingerprint density at radius 1 is 0.861 bits per heavy atom. The van der Waals surface area contributed by atoms with Gasteiger partial charge < -0.3 is 9.73 Å². The third-order valence-corrected chi connectivity index (χ3v) is 8.75. The molecule has 7 heteroatoms. The van der Waals surface area contributed by atoms with Crippen molar-refractivity contribution in [3.63, 3.8) is 0 Å². The van der Waals surface area contributed by atoms with E-state index in [1.807, 2.05) is 89.8 Å². The summed E-state index contributed by atoms with van der Waals surface area (Å²) in [4.78, 5) is 4.04. The van der Waals surface area contributed by atoms with Crippen molar-refractivity contribution in [2.45, 2.75) is 15.7 Å². The second-order valence-corrected chi connectivity index (χ2v) is 10.6. The Hall–Kier alpha value is -4.12. The third-order valence-electron chi connectivity index (χ3n) is 6.48. The van der Waals surface area contributed by atoms with E-state index in [1.54, 1.807) is 23.5 Å². The Morgan fingerprint density at radius 2 is 1.61 bits per heavy atom. The number of hydrogen-bond acceptors (Lipinski definition) is 6. The van der Waals surface area contributed by atoms with Crippen molar-refractivity contribution in [2.24, 2.45) is 0 Å². The van der Waals surface area contributed by atoms with Gasteiger partial charge in [0.15, 0.2) is 0 Å². The summed E-state index contributed by atoms with van der Waals surface area (Å²) >= 11 is 3.14. The van der Waals surface area contributed by atoms with Crippen molar-refractivity contribution < 1.29 is 4.42 Å². The number of rotatable bonds is 2. The van der Waals surface area contributed by atoms with Gasteiger partial charge in [0.25, 0.3) is 0 Å². The molecule has 2 N–H and O–H groups in total. The normalized spacial score (nSPS) is 20.0. The summed E-state index contributed by atoms with van der Waals surface area (Å²) in [6, 6.07) is 32.4. The maximum atomic E-state index is 10.5. The summed E-state index contributed by atoms with van der Waals surface area (Å²) in [5.41, 5.74) is 4.23. The molecule has 3 aliphatic heterocycles. The zero-order chi connectivity index (χ0) is 24.2. The molecule has 0 saturated carbocycles. The van der Waals surface area contributed by atoms with E-state index in [0.717, 1.165) is 48.1 Å². The lowest BCUT2D eigenvalue weighted by Crippen LogP contribution is -2.36. The molecule has 0 spiro atoms. The molecule has 0 fully saturated rings. The lowest BCUT2D eigenvalue weighted by molar-refractivity contribution is 0.515. The number of para-hydroxylation sites is 2. The molecule has 0 aliphatic carbocycles. The summed E-state index contributed by atoms with van der Waals surface area (Å²) in [5.74, 6) is 1.24. The summed E-state index contributed by atoms with van der Waals surface area (Å²) < 4.78 is 6.40. The average molecular weight is 503 g/mol.